The van der Waals surface area contributed by atoms with Crippen LogP contribution in [0.5, 0.6) is 0 Å². The maximum absolute atomic E-state index is 5.61. The minimum atomic E-state index is 0.418. The Kier molecular flexibility index (Phi) is 4.63. The van der Waals surface area contributed by atoms with Gasteiger partial charge in [-0.3, -0.25) is 0 Å². The summed E-state index contributed by atoms with van der Waals surface area (Å²) in [6.45, 7) is 7.41. The summed E-state index contributed by atoms with van der Waals surface area (Å²) < 4.78 is 3.43. The van der Waals surface area contributed by atoms with Crippen LogP contribution in [-0.2, 0) is 0 Å². The van der Waals surface area contributed by atoms with E-state index in [1.165, 1.54) is 11.3 Å². The van der Waals surface area contributed by atoms with Crippen LogP contribution in [0.2, 0.25) is 0 Å². The summed E-state index contributed by atoms with van der Waals surface area (Å²) in [5, 5.41) is 0. The molecule has 1 aromatic heterocycles. The van der Waals surface area contributed by atoms with Gasteiger partial charge in [-0.2, -0.15) is 0 Å². The second-order valence-corrected chi connectivity index (χ2v) is 6.31. The topological polar surface area (TPSA) is 43.8 Å². The van der Waals surface area contributed by atoms with Crippen molar-refractivity contribution in [2.75, 3.05) is 6.54 Å². The van der Waals surface area contributed by atoms with E-state index in [0.29, 0.717) is 12.0 Å². The molecule has 2 aromatic rings. The van der Waals surface area contributed by atoms with E-state index in [2.05, 4.69) is 59.5 Å². The molecular weight excluding hydrogens is 302 g/mol. The summed E-state index contributed by atoms with van der Waals surface area (Å²) in [5.41, 5.74) is 7.90. The number of hydrogen-bond acceptors (Lipinski definition) is 2. The first-order valence-electron chi connectivity index (χ1n) is 6.92. The molecule has 0 aliphatic heterocycles. The molecule has 1 unspecified atom stereocenters. The molecule has 0 aliphatic carbocycles. The highest BCUT2D eigenvalue weighted by atomic mass is 79.9. The Bertz CT molecular complexity index is 560. The monoisotopic (exact) mass is 323 g/mol. The summed E-state index contributed by atoms with van der Waals surface area (Å²) >= 11 is 3.52. The zero-order valence-corrected chi connectivity index (χ0v) is 13.4. The van der Waals surface area contributed by atoms with Crippen molar-refractivity contribution in [2.24, 2.45) is 5.73 Å². The number of rotatable bonds is 5. The van der Waals surface area contributed by atoms with Crippen molar-refractivity contribution in [3.05, 3.63) is 28.5 Å². The highest BCUT2D eigenvalue weighted by molar-refractivity contribution is 9.10. The van der Waals surface area contributed by atoms with Crippen LogP contribution >= 0.6 is 15.9 Å². The summed E-state index contributed by atoms with van der Waals surface area (Å²) in [6.07, 6.45) is 2.14. The summed E-state index contributed by atoms with van der Waals surface area (Å²) in [5.74, 6) is 1.62. The van der Waals surface area contributed by atoms with E-state index in [-0.39, 0.29) is 0 Å². The molecule has 0 aliphatic rings. The third-order valence-electron chi connectivity index (χ3n) is 3.48. The molecule has 2 rings (SSSR count). The average molecular weight is 324 g/mol. The average Bonchev–Trinajstić information content (AvgIpc) is 2.74. The molecule has 0 spiro atoms. The maximum Gasteiger partial charge on any atom is 0.112 e. The van der Waals surface area contributed by atoms with Crippen molar-refractivity contribution in [1.29, 1.82) is 0 Å². The van der Waals surface area contributed by atoms with Gasteiger partial charge in [0.05, 0.1) is 11.0 Å². The first-order valence-corrected chi connectivity index (χ1v) is 7.71. The third-order valence-corrected chi connectivity index (χ3v) is 3.97. The zero-order valence-electron chi connectivity index (χ0n) is 11.9. The van der Waals surface area contributed by atoms with Gasteiger partial charge in [0.2, 0.25) is 0 Å². The quantitative estimate of drug-likeness (QED) is 0.895. The molecule has 4 heteroatoms. The molecule has 0 amide bonds. The van der Waals surface area contributed by atoms with Gasteiger partial charge in [0.15, 0.2) is 0 Å². The summed E-state index contributed by atoms with van der Waals surface area (Å²) in [4.78, 5) is 4.84. The van der Waals surface area contributed by atoms with E-state index < -0.39 is 0 Å². The highest BCUT2D eigenvalue weighted by Crippen LogP contribution is 2.29. The van der Waals surface area contributed by atoms with Crippen LogP contribution in [0.4, 0.5) is 0 Å². The lowest BCUT2D eigenvalue weighted by Crippen LogP contribution is -2.10. The van der Waals surface area contributed by atoms with Gasteiger partial charge in [0.1, 0.15) is 5.82 Å². The molecule has 0 fully saturated rings. The van der Waals surface area contributed by atoms with E-state index in [4.69, 9.17) is 10.7 Å². The van der Waals surface area contributed by atoms with Gasteiger partial charge < -0.3 is 10.3 Å². The molecule has 1 aromatic carbocycles. The van der Waals surface area contributed by atoms with Crippen LogP contribution in [0, 0.1) is 0 Å². The highest BCUT2D eigenvalue weighted by Gasteiger charge is 2.18. The molecule has 0 bridgehead atoms. The van der Waals surface area contributed by atoms with Crippen LogP contribution < -0.4 is 5.73 Å². The minimum Gasteiger partial charge on any atom is -0.330 e. The normalized spacial score (nSPS) is 13.4. The predicted molar refractivity (Wildman–Crippen MR) is 84.5 cm³/mol. The van der Waals surface area contributed by atoms with Gasteiger partial charge in [-0.05, 0) is 51.4 Å². The maximum atomic E-state index is 5.61. The van der Waals surface area contributed by atoms with Gasteiger partial charge in [0, 0.05) is 16.4 Å². The molecule has 1 heterocycles. The fourth-order valence-electron chi connectivity index (χ4n) is 2.53. The fourth-order valence-corrected chi connectivity index (χ4v) is 2.88. The van der Waals surface area contributed by atoms with Crippen molar-refractivity contribution in [2.45, 2.75) is 45.6 Å². The lowest BCUT2D eigenvalue weighted by Gasteiger charge is -2.17. The number of halogens is 1. The SMILES string of the molecule is CC(CCCN)c1nc2cc(Br)ccc2n1C(C)C. The Hall–Kier alpha value is -0.870. The number of imidazole rings is 1. The number of nitrogens with two attached hydrogens (primary N) is 1. The molecule has 1 atom stereocenters. The Balaban J connectivity index is 2.49. The second-order valence-electron chi connectivity index (χ2n) is 5.40. The zero-order chi connectivity index (χ0) is 14.0. The largest absolute Gasteiger partial charge is 0.330 e. The van der Waals surface area contributed by atoms with Crippen molar-refractivity contribution < 1.29 is 0 Å². The number of aromatic nitrogens is 2. The van der Waals surface area contributed by atoms with Crippen LogP contribution in [-0.4, -0.2) is 16.1 Å². The summed E-state index contributed by atoms with van der Waals surface area (Å²) in [7, 11) is 0. The van der Waals surface area contributed by atoms with Crippen LogP contribution in [0.3, 0.4) is 0 Å². The standard InChI is InChI=1S/C15H22BrN3/c1-10(2)19-14-7-6-12(16)9-13(14)18-15(19)11(3)5-4-8-17/h6-7,9-11H,4-5,8,17H2,1-3H3. The van der Waals surface area contributed by atoms with Gasteiger partial charge in [-0.25, -0.2) is 4.98 Å². The first kappa shape index (κ1) is 14.5. The van der Waals surface area contributed by atoms with Crippen molar-refractivity contribution in [3.8, 4) is 0 Å². The Labute approximate surface area is 123 Å². The molecule has 2 N–H and O–H groups in total. The first-order chi connectivity index (χ1) is 9.04. The molecule has 0 saturated heterocycles. The van der Waals surface area contributed by atoms with E-state index in [1.54, 1.807) is 0 Å². The second kappa shape index (κ2) is 6.06. The van der Waals surface area contributed by atoms with Gasteiger partial charge >= 0.3 is 0 Å². The number of hydrogen-bond donors (Lipinski definition) is 1. The van der Waals surface area contributed by atoms with Crippen LogP contribution in [0.25, 0.3) is 11.0 Å². The number of nitrogens with zero attached hydrogens (tertiary/aromatic N) is 2. The van der Waals surface area contributed by atoms with Crippen molar-refractivity contribution in [3.63, 3.8) is 0 Å². The van der Waals surface area contributed by atoms with E-state index >= 15 is 0 Å². The number of benzene rings is 1. The smallest absolute Gasteiger partial charge is 0.112 e. The van der Waals surface area contributed by atoms with Gasteiger partial charge in [0.25, 0.3) is 0 Å². The Morgan fingerprint density at radius 1 is 1.32 bits per heavy atom. The van der Waals surface area contributed by atoms with E-state index in [9.17, 15) is 0 Å². The van der Waals surface area contributed by atoms with Crippen molar-refractivity contribution in [1.82, 2.24) is 9.55 Å². The molecular formula is C15H22BrN3. The van der Waals surface area contributed by atoms with E-state index in [0.717, 1.165) is 29.4 Å². The molecule has 3 nitrogen and oxygen atoms in total. The minimum absolute atomic E-state index is 0.418. The van der Waals surface area contributed by atoms with Gasteiger partial charge in [-0.15, -0.1) is 0 Å². The lowest BCUT2D eigenvalue weighted by atomic mass is 10.0. The van der Waals surface area contributed by atoms with Crippen LogP contribution in [0.1, 0.15) is 51.4 Å². The van der Waals surface area contributed by atoms with Crippen LogP contribution in [0.15, 0.2) is 22.7 Å². The number of fused-ring (bicyclic) bond motifs is 1. The molecule has 0 radical (unpaired) electrons. The van der Waals surface area contributed by atoms with Gasteiger partial charge in [-0.1, -0.05) is 22.9 Å². The third kappa shape index (κ3) is 3.00. The van der Waals surface area contributed by atoms with Crippen molar-refractivity contribution >= 4 is 27.0 Å². The molecule has 0 saturated carbocycles. The fraction of sp³-hybridized carbons (Fsp3) is 0.533. The Morgan fingerprint density at radius 3 is 2.68 bits per heavy atom. The molecule has 19 heavy (non-hydrogen) atoms. The summed E-state index contributed by atoms with van der Waals surface area (Å²) in [6, 6.07) is 6.73. The predicted octanol–water partition coefficient (Wildman–Crippen LogP) is 4.22. The van der Waals surface area contributed by atoms with E-state index in [1.807, 2.05) is 0 Å². The lowest BCUT2D eigenvalue weighted by molar-refractivity contribution is 0.526. The Morgan fingerprint density at radius 2 is 2.05 bits per heavy atom. The molecule has 104 valence electrons.